The molecule has 3 atom stereocenters. The van der Waals surface area contributed by atoms with Crippen molar-refractivity contribution in [3.8, 4) is 0 Å². The lowest BCUT2D eigenvalue weighted by molar-refractivity contribution is -0.182. The van der Waals surface area contributed by atoms with E-state index in [9.17, 15) is 9.90 Å². The summed E-state index contributed by atoms with van der Waals surface area (Å²) in [6, 6.07) is 0. The summed E-state index contributed by atoms with van der Waals surface area (Å²) in [6.07, 6.45) is 5.26. The summed E-state index contributed by atoms with van der Waals surface area (Å²) in [5, 5.41) is 9.23. The number of carbonyl (C=O) groups is 1. The fraction of sp³-hybridized carbons (Fsp3) is 0.842. The minimum absolute atomic E-state index is 0.00417. The van der Waals surface area contributed by atoms with Crippen LogP contribution in [0.25, 0.3) is 0 Å². The summed E-state index contributed by atoms with van der Waals surface area (Å²) in [6.45, 7) is 10.8. The monoisotopic (exact) mass is 339 g/mol. The Balaban J connectivity index is 2.27. The summed E-state index contributed by atoms with van der Waals surface area (Å²) in [7, 11) is 0. The molecule has 5 nitrogen and oxygen atoms in total. The van der Waals surface area contributed by atoms with Gasteiger partial charge in [0.15, 0.2) is 5.76 Å². The largest absolute Gasteiger partial charge is 0.459 e. The van der Waals surface area contributed by atoms with Gasteiger partial charge < -0.3 is 19.5 Å². The number of hydrogen-bond acceptors (Lipinski definition) is 4. The molecule has 0 aromatic heterocycles. The zero-order chi connectivity index (χ0) is 17.7. The maximum absolute atomic E-state index is 12.8. The Bertz CT molecular complexity index is 449. The van der Waals surface area contributed by atoms with Gasteiger partial charge in [-0.3, -0.25) is 4.79 Å². The SMILES string of the molecule is CCO[C@@H]1OC(C(=O)N2CCCC2)=C[C@H](C(C)(C)C)[C@H]1CCCO. The van der Waals surface area contributed by atoms with E-state index in [1.54, 1.807) is 0 Å². The van der Waals surface area contributed by atoms with Crippen LogP contribution in [0.15, 0.2) is 11.8 Å². The Morgan fingerprint density at radius 2 is 2.04 bits per heavy atom. The molecule has 138 valence electrons. The average molecular weight is 339 g/mol. The molecule has 2 aliphatic rings. The maximum Gasteiger partial charge on any atom is 0.288 e. The van der Waals surface area contributed by atoms with Crippen molar-refractivity contribution in [1.82, 2.24) is 4.90 Å². The average Bonchev–Trinajstić information content (AvgIpc) is 3.06. The smallest absolute Gasteiger partial charge is 0.288 e. The van der Waals surface area contributed by atoms with Crippen LogP contribution in [-0.2, 0) is 14.3 Å². The van der Waals surface area contributed by atoms with Crippen molar-refractivity contribution >= 4 is 5.91 Å². The lowest BCUT2D eigenvalue weighted by Crippen LogP contribution is -2.44. The lowest BCUT2D eigenvalue weighted by Gasteiger charge is -2.43. The van der Waals surface area contributed by atoms with Crippen molar-refractivity contribution < 1.29 is 19.4 Å². The highest BCUT2D eigenvalue weighted by Gasteiger charge is 2.42. The Kier molecular flexibility index (Phi) is 6.70. The van der Waals surface area contributed by atoms with Gasteiger partial charge in [0.2, 0.25) is 6.29 Å². The Labute approximate surface area is 146 Å². The zero-order valence-corrected chi connectivity index (χ0v) is 15.6. The second-order valence-electron chi connectivity index (χ2n) is 7.89. The maximum atomic E-state index is 12.8. The number of nitrogens with zero attached hydrogens (tertiary/aromatic N) is 1. The molecule has 5 heteroatoms. The van der Waals surface area contributed by atoms with Crippen LogP contribution in [0.2, 0.25) is 0 Å². The highest BCUT2D eigenvalue weighted by Crippen LogP contribution is 2.43. The molecule has 1 saturated heterocycles. The second kappa shape index (κ2) is 8.34. The Hall–Kier alpha value is -1.07. The first-order valence-electron chi connectivity index (χ1n) is 9.28. The van der Waals surface area contributed by atoms with Crippen LogP contribution >= 0.6 is 0 Å². The van der Waals surface area contributed by atoms with E-state index in [1.165, 1.54) is 0 Å². The van der Waals surface area contributed by atoms with Crippen molar-refractivity contribution in [3.63, 3.8) is 0 Å². The van der Waals surface area contributed by atoms with Crippen molar-refractivity contribution in [2.24, 2.45) is 17.3 Å². The van der Waals surface area contributed by atoms with E-state index in [4.69, 9.17) is 9.47 Å². The molecule has 2 rings (SSSR count). The fourth-order valence-corrected chi connectivity index (χ4v) is 3.76. The third-order valence-electron chi connectivity index (χ3n) is 5.02. The number of allylic oxidation sites excluding steroid dienone is 1. The summed E-state index contributed by atoms with van der Waals surface area (Å²) in [5.41, 5.74) is -0.00417. The minimum Gasteiger partial charge on any atom is -0.459 e. The topological polar surface area (TPSA) is 59.0 Å². The molecule has 2 aliphatic heterocycles. The van der Waals surface area contributed by atoms with E-state index in [2.05, 4.69) is 20.8 Å². The second-order valence-corrected chi connectivity index (χ2v) is 7.89. The van der Waals surface area contributed by atoms with Crippen LogP contribution in [0.1, 0.15) is 53.4 Å². The highest BCUT2D eigenvalue weighted by atomic mass is 16.7. The van der Waals surface area contributed by atoms with Crippen molar-refractivity contribution in [3.05, 3.63) is 11.8 Å². The quantitative estimate of drug-likeness (QED) is 0.808. The van der Waals surface area contributed by atoms with Gasteiger partial charge in [-0.05, 0) is 50.0 Å². The number of ether oxygens (including phenoxy) is 2. The lowest BCUT2D eigenvalue weighted by atomic mass is 9.70. The molecule has 0 aromatic carbocycles. The zero-order valence-electron chi connectivity index (χ0n) is 15.6. The van der Waals surface area contributed by atoms with E-state index in [0.29, 0.717) is 18.8 Å². The first kappa shape index (κ1) is 19.3. The van der Waals surface area contributed by atoms with Gasteiger partial charge >= 0.3 is 0 Å². The number of carbonyl (C=O) groups excluding carboxylic acids is 1. The van der Waals surface area contributed by atoms with Gasteiger partial charge in [0.25, 0.3) is 5.91 Å². The summed E-state index contributed by atoms with van der Waals surface area (Å²) < 4.78 is 11.8. The van der Waals surface area contributed by atoms with Crippen molar-refractivity contribution in [2.45, 2.75) is 59.7 Å². The number of rotatable bonds is 6. The molecule has 0 bridgehead atoms. The normalized spacial score (nSPS) is 27.8. The van der Waals surface area contributed by atoms with Gasteiger partial charge in [0.05, 0.1) is 0 Å². The van der Waals surface area contributed by atoms with Crippen LogP contribution in [-0.4, -0.2) is 48.5 Å². The predicted octanol–water partition coefficient (Wildman–Crippen LogP) is 2.94. The summed E-state index contributed by atoms with van der Waals surface area (Å²) in [5.74, 6) is 0.755. The number of aliphatic hydroxyl groups excluding tert-OH is 1. The molecule has 0 aliphatic carbocycles. The van der Waals surface area contributed by atoms with Crippen molar-refractivity contribution in [2.75, 3.05) is 26.3 Å². The van der Waals surface area contributed by atoms with E-state index in [0.717, 1.165) is 32.4 Å². The Morgan fingerprint density at radius 1 is 1.38 bits per heavy atom. The van der Waals surface area contributed by atoms with Gasteiger partial charge in [0.1, 0.15) is 0 Å². The Morgan fingerprint density at radius 3 is 2.58 bits per heavy atom. The van der Waals surface area contributed by atoms with Gasteiger partial charge in [0, 0.05) is 32.2 Å². The molecule has 1 fully saturated rings. The molecule has 2 heterocycles. The van der Waals surface area contributed by atoms with E-state index >= 15 is 0 Å². The van der Waals surface area contributed by atoms with Crippen LogP contribution in [0.4, 0.5) is 0 Å². The first-order valence-corrected chi connectivity index (χ1v) is 9.28. The molecule has 0 spiro atoms. The molecule has 0 saturated carbocycles. The van der Waals surface area contributed by atoms with Crippen LogP contribution < -0.4 is 0 Å². The van der Waals surface area contributed by atoms with E-state index in [1.807, 2.05) is 17.9 Å². The fourth-order valence-electron chi connectivity index (χ4n) is 3.76. The van der Waals surface area contributed by atoms with Crippen LogP contribution in [0.5, 0.6) is 0 Å². The molecule has 24 heavy (non-hydrogen) atoms. The van der Waals surface area contributed by atoms with Crippen molar-refractivity contribution in [1.29, 1.82) is 0 Å². The third-order valence-corrected chi connectivity index (χ3v) is 5.02. The van der Waals surface area contributed by atoms with E-state index in [-0.39, 0.29) is 29.8 Å². The molecule has 1 amide bonds. The molecule has 0 aromatic rings. The standard InChI is InChI=1S/C19H33NO4/c1-5-23-18-14(9-8-12-21)15(19(2,3)4)13-16(24-18)17(22)20-10-6-7-11-20/h13-15,18,21H,5-12H2,1-4H3/t14-,15+,18-/m1/s1. The highest BCUT2D eigenvalue weighted by molar-refractivity contribution is 5.91. The molecule has 1 N–H and O–H groups in total. The molecule has 0 radical (unpaired) electrons. The predicted molar refractivity (Wildman–Crippen MR) is 93.2 cm³/mol. The first-order chi connectivity index (χ1) is 11.4. The van der Waals surface area contributed by atoms with Gasteiger partial charge in [-0.25, -0.2) is 0 Å². The minimum atomic E-state index is -0.419. The van der Waals surface area contributed by atoms with Gasteiger partial charge in [-0.15, -0.1) is 0 Å². The molecular formula is C19H33NO4. The van der Waals surface area contributed by atoms with E-state index < -0.39 is 6.29 Å². The van der Waals surface area contributed by atoms with Crippen LogP contribution in [0, 0.1) is 17.3 Å². The molecular weight excluding hydrogens is 306 g/mol. The number of aliphatic hydroxyl groups is 1. The molecule has 0 unspecified atom stereocenters. The van der Waals surface area contributed by atoms with Crippen LogP contribution in [0.3, 0.4) is 0 Å². The third kappa shape index (κ3) is 4.51. The number of hydrogen-bond donors (Lipinski definition) is 1. The summed E-state index contributed by atoms with van der Waals surface area (Å²) >= 11 is 0. The number of amides is 1. The number of likely N-dealkylation sites (tertiary alicyclic amines) is 1. The van der Waals surface area contributed by atoms with Gasteiger partial charge in [-0.2, -0.15) is 0 Å². The summed E-state index contributed by atoms with van der Waals surface area (Å²) in [4.78, 5) is 14.7. The van der Waals surface area contributed by atoms with Gasteiger partial charge in [-0.1, -0.05) is 20.8 Å².